The zero-order valence-corrected chi connectivity index (χ0v) is 12.3. The second-order valence-corrected chi connectivity index (χ2v) is 5.65. The highest BCUT2D eigenvalue weighted by molar-refractivity contribution is 5.96. The first-order valence-corrected chi connectivity index (χ1v) is 6.85. The van der Waals surface area contributed by atoms with Crippen molar-refractivity contribution in [3.05, 3.63) is 24.1 Å². The van der Waals surface area contributed by atoms with Crippen LogP contribution in [0.15, 0.2) is 22.6 Å². The van der Waals surface area contributed by atoms with Crippen LogP contribution in [0.3, 0.4) is 0 Å². The molecule has 0 aliphatic rings. The maximum absolute atomic E-state index is 11.9. The number of hydrogen-bond donors (Lipinski definition) is 2. The number of rotatable bonds is 4. The Morgan fingerprint density at radius 1 is 1.30 bits per heavy atom. The molecule has 0 saturated heterocycles. The molecule has 108 valence electrons. The van der Waals surface area contributed by atoms with Crippen molar-refractivity contribution in [1.82, 2.24) is 4.98 Å². The maximum Gasteiger partial charge on any atom is 0.241 e. The zero-order valence-electron chi connectivity index (χ0n) is 12.3. The van der Waals surface area contributed by atoms with Crippen LogP contribution in [0, 0.1) is 5.92 Å². The first-order chi connectivity index (χ1) is 9.38. The Balaban J connectivity index is 2.21. The van der Waals surface area contributed by atoms with Crippen molar-refractivity contribution in [2.24, 2.45) is 11.7 Å². The number of oxazole rings is 1. The third kappa shape index (κ3) is 2.99. The number of anilines is 1. The quantitative estimate of drug-likeness (QED) is 0.899. The Bertz CT molecular complexity index is 617. The van der Waals surface area contributed by atoms with Crippen LogP contribution in [-0.4, -0.2) is 16.9 Å². The Hall–Kier alpha value is -1.88. The lowest BCUT2D eigenvalue weighted by Crippen LogP contribution is -2.39. The van der Waals surface area contributed by atoms with Gasteiger partial charge in [-0.1, -0.05) is 27.7 Å². The lowest BCUT2D eigenvalue weighted by molar-refractivity contribution is -0.118. The molecule has 2 rings (SSSR count). The van der Waals surface area contributed by atoms with Crippen LogP contribution in [0.25, 0.3) is 11.1 Å². The van der Waals surface area contributed by atoms with Gasteiger partial charge in [-0.25, -0.2) is 4.98 Å². The lowest BCUT2D eigenvalue weighted by atomic mass is 10.0. The predicted molar refractivity (Wildman–Crippen MR) is 79.5 cm³/mol. The predicted octanol–water partition coefficient (Wildman–Crippen LogP) is 2.87. The second-order valence-electron chi connectivity index (χ2n) is 5.65. The molecule has 1 aromatic carbocycles. The number of nitrogens with two attached hydrogens (primary N) is 1. The monoisotopic (exact) mass is 275 g/mol. The summed E-state index contributed by atoms with van der Waals surface area (Å²) in [6, 6.07) is 4.89. The fourth-order valence-electron chi connectivity index (χ4n) is 1.80. The smallest absolute Gasteiger partial charge is 0.241 e. The van der Waals surface area contributed by atoms with Gasteiger partial charge < -0.3 is 15.5 Å². The van der Waals surface area contributed by atoms with Gasteiger partial charge in [-0.3, -0.25) is 4.79 Å². The van der Waals surface area contributed by atoms with Gasteiger partial charge in [0.2, 0.25) is 5.91 Å². The molecule has 20 heavy (non-hydrogen) atoms. The van der Waals surface area contributed by atoms with Gasteiger partial charge in [0.1, 0.15) is 5.52 Å². The minimum atomic E-state index is -0.519. The first-order valence-electron chi connectivity index (χ1n) is 6.85. The molecule has 1 aromatic heterocycles. The third-order valence-corrected chi connectivity index (χ3v) is 3.19. The van der Waals surface area contributed by atoms with Crippen molar-refractivity contribution in [3.8, 4) is 0 Å². The summed E-state index contributed by atoms with van der Waals surface area (Å²) in [5.41, 5.74) is 7.96. The highest BCUT2D eigenvalue weighted by atomic mass is 16.3. The highest BCUT2D eigenvalue weighted by Crippen LogP contribution is 2.23. The molecule has 0 saturated carbocycles. The Morgan fingerprint density at radius 3 is 2.60 bits per heavy atom. The molecule has 5 nitrogen and oxygen atoms in total. The summed E-state index contributed by atoms with van der Waals surface area (Å²) in [5, 5.41) is 2.81. The van der Waals surface area contributed by atoms with E-state index in [1.807, 2.05) is 33.8 Å². The van der Waals surface area contributed by atoms with Crippen LogP contribution < -0.4 is 11.1 Å². The number of nitrogens with zero attached hydrogens (tertiary/aromatic N) is 1. The van der Waals surface area contributed by atoms with Crippen molar-refractivity contribution in [3.63, 3.8) is 0 Å². The first kappa shape index (κ1) is 14.5. The SMILES string of the molecule is CC(C)c1nc2cc(NC(=O)[C@H](N)C(C)C)ccc2o1. The minimum Gasteiger partial charge on any atom is -0.440 e. The van der Waals surface area contributed by atoms with Crippen molar-refractivity contribution >= 4 is 22.7 Å². The molecule has 3 N–H and O–H groups in total. The number of carbonyl (C=O) groups is 1. The van der Waals surface area contributed by atoms with E-state index >= 15 is 0 Å². The number of carbonyl (C=O) groups excluding carboxylic acids is 1. The van der Waals surface area contributed by atoms with Crippen LogP contribution in [0.2, 0.25) is 0 Å². The third-order valence-electron chi connectivity index (χ3n) is 3.19. The molecule has 0 unspecified atom stereocenters. The fraction of sp³-hybridized carbons (Fsp3) is 0.467. The van der Waals surface area contributed by atoms with E-state index in [0.29, 0.717) is 11.6 Å². The molecule has 0 spiro atoms. The summed E-state index contributed by atoms with van der Waals surface area (Å²) < 4.78 is 5.63. The maximum atomic E-state index is 11.9. The van der Waals surface area contributed by atoms with E-state index in [9.17, 15) is 4.79 Å². The molecule has 0 radical (unpaired) electrons. The van der Waals surface area contributed by atoms with Gasteiger partial charge in [0.05, 0.1) is 6.04 Å². The van der Waals surface area contributed by atoms with E-state index in [1.54, 1.807) is 12.1 Å². The van der Waals surface area contributed by atoms with Gasteiger partial charge in [0, 0.05) is 11.6 Å². The van der Waals surface area contributed by atoms with E-state index in [4.69, 9.17) is 10.2 Å². The Kier molecular flexibility index (Phi) is 4.09. The normalized spacial score (nSPS) is 13.2. The summed E-state index contributed by atoms with van der Waals surface area (Å²) >= 11 is 0. The van der Waals surface area contributed by atoms with Gasteiger partial charge in [-0.15, -0.1) is 0 Å². The molecule has 0 aliphatic carbocycles. The number of aromatic nitrogens is 1. The van der Waals surface area contributed by atoms with Crippen molar-refractivity contribution in [1.29, 1.82) is 0 Å². The number of fused-ring (bicyclic) bond motifs is 1. The van der Waals surface area contributed by atoms with Crippen LogP contribution in [0.5, 0.6) is 0 Å². The second kappa shape index (κ2) is 5.63. The largest absolute Gasteiger partial charge is 0.440 e. The summed E-state index contributed by atoms with van der Waals surface area (Å²) in [7, 11) is 0. The topological polar surface area (TPSA) is 81.2 Å². The summed E-state index contributed by atoms with van der Waals surface area (Å²) in [6.07, 6.45) is 0. The van der Waals surface area contributed by atoms with Crippen LogP contribution in [-0.2, 0) is 4.79 Å². The van der Waals surface area contributed by atoms with E-state index in [0.717, 1.165) is 11.1 Å². The van der Waals surface area contributed by atoms with E-state index in [1.165, 1.54) is 0 Å². The molecule has 0 bridgehead atoms. The number of nitrogens with one attached hydrogen (secondary N) is 1. The molecule has 2 aromatic rings. The van der Waals surface area contributed by atoms with Crippen LogP contribution in [0.1, 0.15) is 39.5 Å². The fourth-order valence-corrected chi connectivity index (χ4v) is 1.80. The average molecular weight is 275 g/mol. The summed E-state index contributed by atoms with van der Waals surface area (Å²) in [5.74, 6) is 0.836. The molecule has 1 heterocycles. The standard InChI is InChI=1S/C15H21N3O2/c1-8(2)13(16)14(19)17-10-5-6-12-11(7-10)18-15(20-12)9(3)4/h5-9,13H,16H2,1-4H3,(H,17,19)/t13-/m1/s1. The summed E-state index contributed by atoms with van der Waals surface area (Å²) in [6.45, 7) is 7.88. The van der Waals surface area contributed by atoms with E-state index in [2.05, 4.69) is 10.3 Å². The molecule has 1 amide bonds. The molecule has 0 fully saturated rings. The van der Waals surface area contributed by atoms with Crippen LogP contribution in [0.4, 0.5) is 5.69 Å². The van der Waals surface area contributed by atoms with Gasteiger partial charge in [0.15, 0.2) is 11.5 Å². The van der Waals surface area contributed by atoms with Crippen LogP contribution >= 0.6 is 0 Å². The zero-order chi connectivity index (χ0) is 14.9. The molecule has 1 atom stereocenters. The lowest BCUT2D eigenvalue weighted by Gasteiger charge is -2.15. The molecule has 5 heteroatoms. The van der Waals surface area contributed by atoms with Gasteiger partial charge in [-0.05, 0) is 24.1 Å². The average Bonchev–Trinajstić information content (AvgIpc) is 2.80. The summed E-state index contributed by atoms with van der Waals surface area (Å²) in [4.78, 5) is 16.3. The number of hydrogen-bond acceptors (Lipinski definition) is 4. The molecular weight excluding hydrogens is 254 g/mol. The number of amides is 1. The van der Waals surface area contributed by atoms with Gasteiger partial charge in [0.25, 0.3) is 0 Å². The van der Waals surface area contributed by atoms with Gasteiger partial charge >= 0.3 is 0 Å². The Morgan fingerprint density at radius 2 is 2.00 bits per heavy atom. The highest BCUT2D eigenvalue weighted by Gasteiger charge is 2.17. The van der Waals surface area contributed by atoms with Crippen molar-refractivity contribution < 1.29 is 9.21 Å². The molecule has 0 aliphatic heterocycles. The molecular formula is C15H21N3O2. The number of benzene rings is 1. The van der Waals surface area contributed by atoms with Gasteiger partial charge in [-0.2, -0.15) is 0 Å². The minimum absolute atomic E-state index is 0.0957. The Labute approximate surface area is 118 Å². The van der Waals surface area contributed by atoms with Crippen molar-refractivity contribution in [2.75, 3.05) is 5.32 Å². The van der Waals surface area contributed by atoms with E-state index in [-0.39, 0.29) is 17.7 Å². The van der Waals surface area contributed by atoms with E-state index < -0.39 is 6.04 Å². The van der Waals surface area contributed by atoms with Crippen molar-refractivity contribution in [2.45, 2.75) is 39.7 Å².